The van der Waals surface area contributed by atoms with Gasteiger partial charge in [0.15, 0.2) is 0 Å². The topological polar surface area (TPSA) is 57.3 Å². The summed E-state index contributed by atoms with van der Waals surface area (Å²) in [6.07, 6.45) is 6.00. The first-order valence-corrected chi connectivity index (χ1v) is 10.1. The molecule has 0 bridgehead atoms. The molecule has 2 aliphatic rings. The fourth-order valence-corrected chi connectivity index (χ4v) is 4.20. The van der Waals surface area contributed by atoms with Crippen LogP contribution in [0.1, 0.15) is 23.5 Å². The average molecular weight is 418 g/mol. The van der Waals surface area contributed by atoms with Crippen LogP contribution in [-0.4, -0.2) is 24.0 Å². The number of nitrogens with zero attached hydrogens (tertiary/aromatic N) is 2. The summed E-state index contributed by atoms with van der Waals surface area (Å²) in [5, 5.41) is 5.65. The summed E-state index contributed by atoms with van der Waals surface area (Å²) in [6.45, 7) is 1.53. The quantitative estimate of drug-likeness (QED) is 0.600. The Hall–Kier alpha value is -3.74. The first-order valence-electron chi connectivity index (χ1n) is 10.1. The number of benzene rings is 2. The van der Waals surface area contributed by atoms with Crippen LogP contribution in [0.5, 0.6) is 0 Å². The van der Waals surface area contributed by atoms with Crippen molar-refractivity contribution >= 4 is 28.5 Å². The summed E-state index contributed by atoms with van der Waals surface area (Å²) in [4.78, 5) is 18.3. The van der Waals surface area contributed by atoms with E-state index in [1.165, 1.54) is 36.0 Å². The normalized spacial score (nSPS) is 18.9. The second-order valence-electron chi connectivity index (χ2n) is 7.72. The molecule has 1 aromatic heterocycles. The monoisotopic (exact) mass is 418 g/mol. The molecule has 1 unspecified atom stereocenters. The molecule has 3 heterocycles. The van der Waals surface area contributed by atoms with Gasteiger partial charge in [-0.3, -0.25) is 9.78 Å². The molecule has 0 radical (unpaired) electrons. The standard InChI is InChI=1S/C24H20F2N4O/c25-17-1-3-22-19(11-17)20(24(31)29-22)13-28-18-2-4-23(21(26)12-18)30-10-7-16(14-30)15-5-8-27-9-6-15/h1-6,8-9,11-13,16,28H,7,10,14H2,(H,29,31). The molecule has 7 heteroatoms. The summed E-state index contributed by atoms with van der Waals surface area (Å²) >= 11 is 0. The minimum atomic E-state index is -0.424. The fourth-order valence-electron chi connectivity index (χ4n) is 4.20. The van der Waals surface area contributed by atoms with E-state index in [2.05, 4.69) is 15.6 Å². The van der Waals surface area contributed by atoms with Crippen molar-refractivity contribution in [2.45, 2.75) is 12.3 Å². The Morgan fingerprint density at radius 1 is 1.10 bits per heavy atom. The Labute approximate surface area is 178 Å². The maximum Gasteiger partial charge on any atom is 0.257 e. The van der Waals surface area contributed by atoms with Gasteiger partial charge in [-0.2, -0.15) is 0 Å². The molecule has 0 aliphatic carbocycles. The smallest absolute Gasteiger partial charge is 0.257 e. The lowest BCUT2D eigenvalue weighted by Gasteiger charge is -2.20. The highest BCUT2D eigenvalue weighted by atomic mass is 19.1. The summed E-state index contributed by atoms with van der Waals surface area (Å²) in [7, 11) is 0. The molecular formula is C24H20F2N4O. The van der Waals surface area contributed by atoms with Crippen molar-refractivity contribution in [1.82, 2.24) is 4.98 Å². The molecule has 156 valence electrons. The maximum atomic E-state index is 14.9. The van der Waals surface area contributed by atoms with Gasteiger partial charge in [-0.15, -0.1) is 0 Å². The minimum absolute atomic E-state index is 0.304. The Balaban J connectivity index is 1.31. The predicted molar refractivity (Wildman–Crippen MR) is 117 cm³/mol. The van der Waals surface area contributed by atoms with Gasteiger partial charge in [-0.05, 0) is 60.5 Å². The Morgan fingerprint density at radius 3 is 2.74 bits per heavy atom. The predicted octanol–water partition coefficient (Wildman–Crippen LogP) is 4.76. The average Bonchev–Trinajstić information content (AvgIpc) is 3.37. The SMILES string of the molecule is O=C1Nc2ccc(F)cc2C1=CNc1ccc(N2CCC(c3ccncc3)C2)c(F)c1. The molecule has 5 rings (SSSR count). The highest BCUT2D eigenvalue weighted by Crippen LogP contribution is 2.34. The van der Waals surface area contributed by atoms with Gasteiger partial charge >= 0.3 is 0 Å². The lowest BCUT2D eigenvalue weighted by Crippen LogP contribution is -2.20. The van der Waals surface area contributed by atoms with Crippen LogP contribution in [0, 0.1) is 11.6 Å². The van der Waals surface area contributed by atoms with Crippen molar-refractivity contribution in [3.8, 4) is 0 Å². The third kappa shape index (κ3) is 3.74. The van der Waals surface area contributed by atoms with Crippen LogP contribution in [0.15, 0.2) is 67.1 Å². The number of halogens is 2. The largest absolute Gasteiger partial charge is 0.369 e. The van der Waals surface area contributed by atoms with Crippen LogP contribution in [0.4, 0.5) is 25.8 Å². The number of carbonyl (C=O) groups is 1. The van der Waals surface area contributed by atoms with E-state index in [1.54, 1.807) is 24.5 Å². The highest BCUT2D eigenvalue weighted by Gasteiger charge is 2.26. The second-order valence-corrected chi connectivity index (χ2v) is 7.72. The Bertz CT molecular complexity index is 1180. The van der Waals surface area contributed by atoms with E-state index in [1.807, 2.05) is 17.0 Å². The molecule has 1 fully saturated rings. The Kier molecular flexibility index (Phi) is 4.86. The van der Waals surface area contributed by atoms with Crippen molar-refractivity contribution < 1.29 is 13.6 Å². The second kappa shape index (κ2) is 7.83. The van der Waals surface area contributed by atoms with Crippen molar-refractivity contribution in [2.24, 2.45) is 0 Å². The first kappa shape index (κ1) is 19.2. The third-order valence-electron chi connectivity index (χ3n) is 5.80. The van der Waals surface area contributed by atoms with Crippen molar-refractivity contribution in [3.05, 3.63) is 89.9 Å². The van der Waals surface area contributed by atoms with Crippen molar-refractivity contribution in [1.29, 1.82) is 0 Å². The third-order valence-corrected chi connectivity index (χ3v) is 5.80. The van der Waals surface area contributed by atoms with Gasteiger partial charge in [0.05, 0.1) is 11.3 Å². The van der Waals surface area contributed by atoms with E-state index in [0.29, 0.717) is 34.1 Å². The van der Waals surface area contributed by atoms with Crippen LogP contribution in [0.3, 0.4) is 0 Å². The Morgan fingerprint density at radius 2 is 1.94 bits per heavy atom. The lowest BCUT2D eigenvalue weighted by molar-refractivity contribution is -0.110. The van der Waals surface area contributed by atoms with Crippen LogP contribution < -0.4 is 15.5 Å². The van der Waals surface area contributed by atoms with Crippen LogP contribution in [-0.2, 0) is 4.79 Å². The number of anilines is 3. The molecule has 2 aromatic carbocycles. The maximum absolute atomic E-state index is 14.9. The van der Waals surface area contributed by atoms with E-state index < -0.39 is 5.82 Å². The molecule has 1 saturated heterocycles. The summed E-state index contributed by atoms with van der Waals surface area (Å²) < 4.78 is 28.4. The van der Waals surface area contributed by atoms with Gasteiger partial charge in [-0.1, -0.05) is 0 Å². The molecule has 2 N–H and O–H groups in total. The van der Waals surface area contributed by atoms with Gasteiger partial charge in [0.1, 0.15) is 11.6 Å². The van der Waals surface area contributed by atoms with Crippen molar-refractivity contribution in [2.75, 3.05) is 28.6 Å². The van der Waals surface area contributed by atoms with Gasteiger partial charge < -0.3 is 15.5 Å². The number of aromatic nitrogens is 1. The zero-order valence-electron chi connectivity index (χ0n) is 16.6. The molecular weight excluding hydrogens is 398 g/mol. The first-order chi connectivity index (χ1) is 15.1. The number of amides is 1. The zero-order chi connectivity index (χ0) is 21.4. The molecule has 0 saturated carbocycles. The van der Waals surface area contributed by atoms with Gasteiger partial charge in [0.2, 0.25) is 0 Å². The number of carbonyl (C=O) groups excluding carboxylic acids is 1. The van der Waals surface area contributed by atoms with Crippen LogP contribution >= 0.6 is 0 Å². The number of nitrogens with one attached hydrogen (secondary N) is 2. The molecule has 1 amide bonds. The van der Waals surface area contributed by atoms with Crippen LogP contribution in [0.25, 0.3) is 5.57 Å². The van der Waals surface area contributed by atoms with Crippen molar-refractivity contribution in [3.63, 3.8) is 0 Å². The molecule has 2 aliphatic heterocycles. The number of hydrogen-bond donors (Lipinski definition) is 2. The van der Waals surface area contributed by atoms with Crippen LogP contribution in [0.2, 0.25) is 0 Å². The summed E-state index contributed by atoms with van der Waals surface area (Å²) in [5.41, 5.74) is 3.62. The number of pyridine rings is 1. The van der Waals surface area contributed by atoms with E-state index >= 15 is 0 Å². The van der Waals surface area contributed by atoms with E-state index in [9.17, 15) is 13.6 Å². The fraction of sp³-hybridized carbons (Fsp3) is 0.167. The number of hydrogen-bond acceptors (Lipinski definition) is 4. The molecule has 3 aromatic rings. The molecule has 5 nitrogen and oxygen atoms in total. The molecule has 31 heavy (non-hydrogen) atoms. The minimum Gasteiger partial charge on any atom is -0.369 e. The van der Waals surface area contributed by atoms with E-state index in [4.69, 9.17) is 0 Å². The summed E-state index contributed by atoms with van der Waals surface area (Å²) in [5.74, 6) is -0.732. The van der Waals surface area contributed by atoms with E-state index in [-0.39, 0.29) is 11.7 Å². The number of rotatable bonds is 4. The lowest BCUT2D eigenvalue weighted by atomic mass is 10.00. The highest BCUT2D eigenvalue weighted by molar-refractivity contribution is 6.31. The van der Waals surface area contributed by atoms with Gasteiger partial charge in [-0.25, -0.2) is 8.78 Å². The van der Waals surface area contributed by atoms with E-state index in [0.717, 1.165) is 19.5 Å². The number of fused-ring (bicyclic) bond motifs is 1. The molecule has 0 spiro atoms. The summed E-state index contributed by atoms with van der Waals surface area (Å²) in [6, 6.07) is 13.1. The van der Waals surface area contributed by atoms with Gasteiger partial charge in [0.25, 0.3) is 5.91 Å². The zero-order valence-corrected chi connectivity index (χ0v) is 16.6. The molecule has 1 atom stereocenters. The van der Waals surface area contributed by atoms with Gasteiger partial charge in [0, 0.05) is 54.5 Å².